The summed E-state index contributed by atoms with van der Waals surface area (Å²) in [4.78, 5) is 29.7. The molecule has 4 rings (SSSR count). The summed E-state index contributed by atoms with van der Waals surface area (Å²) in [5.41, 5.74) is 2.63. The number of esters is 1. The normalized spacial score (nSPS) is 13.2. The molecule has 1 aromatic heterocycles. The highest BCUT2D eigenvalue weighted by Gasteiger charge is 2.29. The number of carbonyl (C=O) groups excluding carboxylic acids is 2. The summed E-state index contributed by atoms with van der Waals surface area (Å²) in [6, 6.07) is 16.6. The first-order chi connectivity index (χ1) is 11.6. The first kappa shape index (κ1) is 14.4. The van der Waals surface area contributed by atoms with Gasteiger partial charge in [0, 0.05) is 12.3 Å². The summed E-state index contributed by atoms with van der Waals surface area (Å²) in [5.74, 6) is 0.725. The maximum absolute atomic E-state index is 12.4. The second-order valence-electron chi connectivity index (χ2n) is 5.65. The summed E-state index contributed by atoms with van der Waals surface area (Å²) in [6.07, 6.45) is 0.390. The van der Waals surface area contributed by atoms with Crippen molar-refractivity contribution in [1.82, 2.24) is 4.98 Å². The molecule has 5 heteroatoms. The number of amides is 1. The third-order valence-corrected chi connectivity index (χ3v) is 3.96. The van der Waals surface area contributed by atoms with E-state index in [4.69, 9.17) is 4.74 Å². The highest BCUT2D eigenvalue weighted by molar-refractivity contribution is 6.07. The Kier molecular flexibility index (Phi) is 3.27. The van der Waals surface area contributed by atoms with Crippen molar-refractivity contribution in [2.45, 2.75) is 13.3 Å². The molecule has 3 aromatic rings. The predicted octanol–water partition coefficient (Wildman–Crippen LogP) is 3.38. The van der Waals surface area contributed by atoms with Gasteiger partial charge in [0.15, 0.2) is 0 Å². The summed E-state index contributed by atoms with van der Waals surface area (Å²) in [5, 5.41) is 0.845. The van der Waals surface area contributed by atoms with Gasteiger partial charge < -0.3 is 4.74 Å². The van der Waals surface area contributed by atoms with Crippen molar-refractivity contribution in [2.24, 2.45) is 0 Å². The van der Waals surface area contributed by atoms with E-state index in [1.54, 1.807) is 29.2 Å². The molecule has 2 aromatic carbocycles. The molecular formula is C19H14N2O3. The molecule has 118 valence electrons. The average Bonchev–Trinajstić information content (AvgIpc) is 2.89. The van der Waals surface area contributed by atoms with Gasteiger partial charge in [-0.1, -0.05) is 18.2 Å². The van der Waals surface area contributed by atoms with Crippen LogP contribution in [-0.4, -0.2) is 16.9 Å². The highest BCUT2D eigenvalue weighted by atomic mass is 16.5. The fraction of sp³-hybridized carbons (Fsp3) is 0.105. The zero-order chi connectivity index (χ0) is 16.7. The van der Waals surface area contributed by atoms with Crippen LogP contribution in [0.25, 0.3) is 10.9 Å². The number of hydrogen-bond acceptors (Lipinski definition) is 4. The van der Waals surface area contributed by atoms with E-state index in [2.05, 4.69) is 4.98 Å². The van der Waals surface area contributed by atoms with Crippen LogP contribution in [-0.2, 0) is 16.0 Å². The molecule has 0 N–H and O–H groups in total. The van der Waals surface area contributed by atoms with Gasteiger partial charge >= 0.3 is 5.97 Å². The number of hydrogen-bond donors (Lipinski definition) is 0. The fourth-order valence-electron chi connectivity index (χ4n) is 2.95. The Bertz CT molecular complexity index is 981. The van der Waals surface area contributed by atoms with Crippen molar-refractivity contribution in [3.63, 3.8) is 0 Å². The van der Waals surface area contributed by atoms with Gasteiger partial charge in [0.2, 0.25) is 5.91 Å². The van der Waals surface area contributed by atoms with Crippen LogP contribution in [0.1, 0.15) is 12.5 Å². The molecule has 5 nitrogen and oxygen atoms in total. The van der Waals surface area contributed by atoms with Gasteiger partial charge in [0.05, 0.1) is 17.6 Å². The molecule has 0 bridgehead atoms. The Morgan fingerprint density at radius 3 is 2.79 bits per heavy atom. The van der Waals surface area contributed by atoms with Gasteiger partial charge in [-0.3, -0.25) is 14.5 Å². The molecule has 0 unspecified atom stereocenters. The van der Waals surface area contributed by atoms with Gasteiger partial charge in [-0.15, -0.1) is 0 Å². The summed E-state index contributed by atoms with van der Waals surface area (Å²) in [7, 11) is 0. The third-order valence-electron chi connectivity index (χ3n) is 3.96. The quantitative estimate of drug-likeness (QED) is 0.537. The number of pyridine rings is 1. The fourth-order valence-corrected chi connectivity index (χ4v) is 2.95. The minimum atomic E-state index is -0.363. The van der Waals surface area contributed by atoms with E-state index in [-0.39, 0.29) is 11.9 Å². The predicted molar refractivity (Wildman–Crippen MR) is 90.3 cm³/mol. The minimum absolute atomic E-state index is 0.0135. The van der Waals surface area contributed by atoms with Crippen LogP contribution >= 0.6 is 0 Å². The number of carbonyl (C=O) groups is 2. The van der Waals surface area contributed by atoms with Gasteiger partial charge in [-0.2, -0.15) is 0 Å². The average molecular weight is 318 g/mol. The number of fused-ring (bicyclic) bond motifs is 2. The van der Waals surface area contributed by atoms with E-state index >= 15 is 0 Å². The van der Waals surface area contributed by atoms with Crippen LogP contribution in [0.2, 0.25) is 0 Å². The lowest BCUT2D eigenvalue weighted by Gasteiger charge is -2.17. The number of anilines is 2. The van der Waals surface area contributed by atoms with Crippen LogP contribution in [0.3, 0.4) is 0 Å². The summed E-state index contributed by atoms with van der Waals surface area (Å²) >= 11 is 0. The van der Waals surface area contributed by atoms with Gasteiger partial charge in [0.25, 0.3) is 0 Å². The van der Waals surface area contributed by atoms with Crippen LogP contribution in [0.4, 0.5) is 11.5 Å². The second kappa shape index (κ2) is 5.45. The van der Waals surface area contributed by atoms with Crippen molar-refractivity contribution in [3.8, 4) is 5.75 Å². The molecule has 0 aliphatic carbocycles. The van der Waals surface area contributed by atoms with Crippen molar-refractivity contribution in [3.05, 3.63) is 60.2 Å². The lowest BCUT2D eigenvalue weighted by molar-refractivity contribution is -0.131. The van der Waals surface area contributed by atoms with E-state index in [1.165, 1.54) is 6.92 Å². The molecule has 2 heterocycles. The molecular weight excluding hydrogens is 304 g/mol. The van der Waals surface area contributed by atoms with Gasteiger partial charge in [0.1, 0.15) is 11.6 Å². The Hall–Kier alpha value is -3.21. The topological polar surface area (TPSA) is 59.5 Å². The smallest absolute Gasteiger partial charge is 0.308 e. The number of rotatable bonds is 2. The van der Waals surface area contributed by atoms with Crippen LogP contribution in [0, 0.1) is 0 Å². The number of aromatic nitrogens is 1. The number of para-hydroxylation sites is 1. The lowest BCUT2D eigenvalue weighted by Crippen LogP contribution is -2.21. The van der Waals surface area contributed by atoms with Crippen molar-refractivity contribution in [2.75, 3.05) is 4.90 Å². The third kappa shape index (κ3) is 2.40. The van der Waals surface area contributed by atoms with E-state index in [9.17, 15) is 9.59 Å². The van der Waals surface area contributed by atoms with E-state index in [0.717, 1.165) is 22.2 Å². The lowest BCUT2D eigenvalue weighted by atomic mass is 10.2. The number of benzene rings is 2. The molecule has 0 spiro atoms. The number of ether oxygens (including phenoxy) is 1. The van der Waals surface area contributed by atoms with Crippen molar-refractivity contribution in [1.29, 1.82) is 0 Å². The molecule has 1 aliphatic heterocycles. The molecule has 24 heavy (non-hydrogen) atoms. The molecule has 0 saturated heterocycles. The SMILES string of the molecule is CC(=O)Oc1ccc2nc(N3C(=O)Cc4ccccc43)ccc2c1. The van der Waals surface area contributed by atoms with E-state index in [1.807, 2.05) is 30.3 Å². The molecule has 0 fully saturated rings. The zero-order valence-corrected chi connectivity index (χ0v) is 13.0. The van der Waals surface area contributed by atoms with Crippen molar-refractivity contribution < 1.29 is 14.3 Å². The Morgan fingerprint density at radius 1 is 1.12 bits per heavy atom. The van der Waals surface area contributed by atoms with Crippen LogP contribution in [0.5, 0.6) is 5.75 Å². The Balaban J connectivity index is 1.76. The molecule has 0 radical (unpaired) electrons. The standard InChI is InChI=1S/C19H14N2O3/c1-12(22)24-15-7-8-16-13(10-15)6-9-18(20-16)21-17-5-3-2-4-14(17)11-19(21)23/h2-10H,11H2,1H3. The number of nitrogens with zero attached hydrogens (tertiary/aromatic N) is 2. The largest absolute Gasteiger partial charge is 0.427 e. The molecule has 0 atom stereocenters. The summed E-state index contributed by atoms with van der Waals surface area (Å²) < 4.78 is 5.08. The van der Waals surface area contributed by atoms with E-state index in [0.29, 0.717) is 18.0 Å². The highest BCUT2D eigenvalue weighted by Crippen LogP contribution is 2.35. The molecule has 0 saturated carbocycles. The maximum Gasteiger partial charge on any atom is 0.308 e. The molecule has 1 amide bonds. The zero-order valence-electron chi connectivity index (χ0n) is 13.0. The minimum Gasteiger partial charge on any atom is -0.427 e. The Labute approximate surface area is 138 Å². The van der Waals surface area contributed by atoms with Gasteiger partial charge in [-0.25, -0.2) is 4.98 Å². The first-order valence-electron chi connectivity index (χ1n) is 7.62. The summed E-state index contributed by atoms with van der Waals surface area (Å²) in [6.45, 7) is 1.36. The first-order valence-corrected chi connectivity index (χ1v) is 7.62. The Morgan fingerprint density at radius 2 is 1.96 bits per heavy atom. The van der Waals surface area contributed by atoms with Crippen LogP contribution < -0.4 is 9.64 Å². The van der Waals surface area contributed by atoms with Crippen molar-refractivity contribution >= 4 is 34.3 Å². The van der Waals surface area contributed by atoms with Crippen LogP contribution in [0.15, 0.2) is 54.6 Å². The monoisotopic (exact) mass is 318 g/mol. The molecule has 1 aliphatic rings. The second-order valence-corrected chi connectivity index (χ2v) is 5.65. The van der Waals surface area contributed by atoms with E-state index < -0.39 is 0 Å². The maximum atomic E-state index is 12.4. The van der Waals surface area contributed by atoms with Gasteiger partial charge in [-0.05, 0) is 42.0 Å².